The molecule has 6 rings (SSSR count). The highest BCUT2D eigenvalue weighted by atomic mass is 16.5. The second-order valence-electron chi connectivity index (χ2n) is 8.66. The Morgan fingerprint density at radius 1 is 1.20 bits per heavy atom. The van der Waals surface area contributed by atoms with Crippen molar-refractivity contribution in [2.45, 2.75) is 43.4 Å². The van der Waals surface area contributed by atoms with Crippen molar-refractivity contribution in [3.63, 3.8) is 0 Å². The van der Waals surface area contributed by atoms with Gasteiger partial charge in [-0.25, -0.2) is 9.97 Å². The molecule has 4 heterocycles. The van der Waals surface area contributed by atoms with E-state index >= 15 is 0 Å². The number of fused-ring (bicyclic) bond motifs is 2. The maximum Gasteiger partial charge on any atom is 0.143 e. The number of nitrogens with one attached hydrogen (secondary N) is 2. The normalized spacial score (nSPS) is 26.5. The molecule has 7 nitrogen and oxygen atoms in total. The highest BCUT2D eigenvalue weighted by Gasteiger charge is 2.38. The summed E-state index contributed by atoms with van der Waals surface area (Å²) in [4.78, 5) is 15.1. The Morgan fingerprint density at radius 2 is 2.10 bits per heavy atom. The Morgan fingerprint density at radius 3 is 2.93 bits per heavy atom. The van der Waals surface area contributed by atoms with Crippen molar-refractivity contribution in [1.82, 2.24) is 19.9 Å². The second-order valence-corrected chi connectivity index (χ2v) is 8.66. The molecule has 2 N–H and O–H groups in total. The lowest BCUT2D eigenvalue weighted by atomic mass is 9.95. The molecule has 30 heavy (non-hydrogen) atoms. The lowest BCUT2D eigenvalue weighted by Gasteiger charge is -2.39. The highest BCUT2D eigenvalue weighted by molar-refractivity contribution is 5.88. The summed E-state index contributed by atoms with van der Waals surface area (Å²) in [6.45, 7) is 2.60. The Labute approximate surface area is 175 Å². The van der Waals surface area contributed by atoms with Gasteiger partial charge in [0.15, 0.2) is 0 Å². The van der Waals surface area contributed by atoms with Crippen LogP contribution in [-0.4, -0.2) is 58.8 Å². The number of hydrogen-bond acceptors (Lipinski definition) is 6. The smallest absolute Gasteiger partial charge is 0.143 e. The van der Waals surface area contributed by atoms with Gasteiger partial charge < -0.3 is 19.8 Å². The third-order valence-electron chi connectivity index (χ3n) is 6.78. The van der Waals surface area contributed by atoms with E-state index in [0.717, 1.165) is 42.1 Å². The molecule has 3 atom stereocenters. The molecule has 2 fully saturated rings. The highest BCUT2D eigenvalue weighted by Crippen LogP contribution is 2.42. The van der Waals surface area contributed by atoms with E-state index in [1.165, 1.54) is 24.1 Å². The fourth-order valence-electron chi connectivity index (χ4n) is 4.92. The predicted octanol–water partition coefficient (Wildman–Crippen LogP) is 3.47. The molecule has 2 aliphatic heterocycles. The lowest BCUT2D eigenvalue weighted by Crippen LogP contribution is -2.47. The van der Waals surface area contributed by atoms with Gasteiger partial charge in [0.05, 0.1) is 23.6 Å². The molecule has 0 amide bonds. The first-order chi connectivity index (χ1) is 14.8. The molecule has 0 bridgehead atoms. The Bertz CT molecular complexity index is 1060. The van der Waals surface area contributed by atoms with Crippen LogP contribution in [0.25, 0.3) is 11.0 Å². The quantitative estimate of drug-likeness (QED) is 0.677. The minimum absolute atomic E-state index is 0.0860. The molecule has 3 aromatic rings. The van der Waals surface area contributed by atoms with E-state index in [9.17, 15) is 0 Å². The molecule has 0 spiro atoms. The molecule has 156 valence electrons. The zero-order chi connectivity index (χ0) is 20.1. The summed E-state index contributed by atoms with van der Waals surface area (Å²) in [6, 6.07) is 10.9. The van der Waals surface area contributed by atoms with Crippen LogP contribution in [0.1, 0.15) is 42.5 Å². The van der Waals surface area contributed by atoms with Crippen molar-refractivity contribution in [3.05, 3.63) is 47.9 Å². The van der Waals surface area contributed by atoms with Crippen molar-refractivity contribution in [2.24, 2.45) is 0 Å². The summed E-state index contributed by atoms with van der Waals surface area (Å²) in [6.07, 6.45) is 5.51. The van der Waals surface area contributed by atoms with Crippen molar-refractivity contribution in [3.8, 4) is 5.75 Å². The Balaban J connectivity index is 1.37. The summed E-state index contributed by atoms with van der Waals surface area (Å²) in [5.74, 6) is 2.49. The number of H-pyrrole nitrogens is 1. The number of aromatic amines is 1. The van der Waals surface area contributed by atoms with Crippen LogP contribution in [-0.2, 0) is 4.74 Å². The summed E-state index contributed by atoms with van der Waals surface area (Å²) in [5.41, 5.74) is 3.37. The molecular weight excluding hydrogens is 378 g/mol. The zero-order valence-electron chi connectivity index (χ0n) is 17.2. The van der Waals surface area contributed by atoms with Gasteiger partial charge >= 0.3 is 0 Å². The molecule has 1 saturated heterocycles. The minimum atomic E-state index is 0.0860. The van der Waals surface area contributed by atoms with Crippen LogP contribution in [0.4, 0.5) is 5.82 Å². The van der Waals surface area contributed by atoms with Gasteiger partial charge in [0.2, 0.25) is 0 Å². The third-order valence-corrected chi connectivity index (χ3v) is 6.78. The molecule has 1 aromatic carbocycles. The fourth-order valence-corrected chi connectivity index (χ4v) is 4.92. The zero-order valence-corrected chi connectivity index (χ0v) is 17.2. The van der Waals surface area contributed by atoms with Crippen molar-refractivity contribution in [2.75, 3.05) is 32.1 Å². The van der Waals surface area contributed by atoms with Crippen LogP contribution in [0.3, 0.4) is 0 Å². The summed E-state index contributed by atoms with van der Waals surface area (Å²) >= 11 is 0. The van der Waals surface area contributed by atoms with E-state index in [0.29, 0.717) is 18.6 Å². The molecule has 0 radical (unpaired) electrons. The molecule has 0 unspecified atom stereocenters. The second kappa shape index (κ2) is 7.25. The summed E-state index contributed by atoms with van der Waals surface area (Å²) in [7, 11) is 1.80. The maximum atomic E-state index is 6.16. The average Bonchev–Trinajstić information content (AvgIpc) is 3.35. The van der Waals surface area contributed by atoms with Crippen LogP contribution in [0.5, 0.6) is 5.75 Å². The molecule has 3 aliphatic rings. The van der Waals surface area contributed by atoms with Gasteiger partial charge in [0.1, 0.15) is 30.1 Å². The SMILES string of the molecule is CO[C@H]1CCN([C@H]2COc3ccccc3[C@H]2Nc2ncnc3[nH]c(C4CC4)cc23)C1. The fraction of sp³-hybridized carbons (Fsp3) is 0.478. The van der Waals surface area contributed by atoms with Gasteiger partial charge in [0, 0.05) is 31.5 Å². The van der Waals surface area contributed by atoms with Crippen LogP contribution < -0.4 is 10.1 Å². The number of nitrogens with zero attached hydrogens (tertiary/aromatic N) is 3. The van der Waals surface area contributed by atoms with Gasteiger partial charge in [-0.15, -0.1) is 0 Å². The van der Waals surface area contributed by atoms with Gasteiger partial charge in [0.25, 0.3) is 0 Å². The number of ether oxygens (including phenoxy) is 2. The van der Waals surface area contributed by atoms with Gasteiger partial charge in [-0.05, 0) is 37.3 Å². The lowest BCUT2D eigenvalue weighted by molar-refractivity contribution is 0.0809. The van der Waals surface area contributed by atoms with Crippen LogP contribution >= 0.6 is 0 Å². The standard InChI is InChI=1S/C23H27N5O2/c1-29-15-8-9-28(11-15)19-12-30-20-5-3-2-4-16(20)21(19)27-23-17-10-18(14-6-7-14)26-22(17)24-13-25-23/h2-5,10,13-15,19,21H,6-9,11-12H2,1H3,(H2,24,25,26,27)/t15-,19-,21+/m0/s1. The number of rotatable bonds is 5. The summed E-state index contributed by atoms with van der Waals surface area (Å²) in [5, 5.41) is 4.85. The minimum Gasteiger partial charge on any atom is -0.491 e. The Kier molecular flexibility index (Phi) is 4.39. The maximum absolute atomic E-state index is 6.16. The molecule has 1 saturated carbocycles. The largest absolute Gasteiger partial charge is 0.491 e. The average molecular weight is 406 g/mol. The topological polar surface area (TPSA) is 75.3 Å². The number of hydrogen-bond donors (Lipinski definition) is 2. The number of likely N-dealkylation sites (tertiary alicyclic amines) is 1. The van der Waals surface area contributed by atoms with Crippen molar-refractivity contribution in [1.29, 1.82) is 0 Å². The number of benzene rings is 1. The number of methoxy groups -OCH3 is 1. The first-order valence-electron chi connectivity index (χ1n) is 10.9. The predicted molar refractivity (Wildman–Crippen MR) is 115 cm³/mol. The monoisotopic (exact) mass is 405 g/mol. The van der Waals surface area contributed by atoms with E-state index in [2.05, 4.69) is 49.4 Å². The summed E-state index contributed by atoms with van der Waals surface area (Å²) < 4.78 is 11.8. The molecule has 2 aromatic heterocycles. The van der Waals surface area contributed by atoms with E-state index in [1.54, 1.807) is 13.4 Å². The number of anilines is 1. The third kappa shape index (κ3) is 3.13. The van der Waals surface area contributed by atoms with Crippen molar-refractivity contribution >= 4 is 16.9 Å². The van der Waals surface area contributed by atoms with Crippen molar-refractivity contribution < 1.29 is 9.47 Å². The van der Waals surface area contributed by atoms with Crippen LogP contribution in [0.15, 0.2) is 36.7 Å². The van der Waals surface area contributed by atoms with Crippen LogP contribution in [0.2, 0.25) is 0 Å². The van der Waals surface area contributed by atoms with E-state index in [4.69, 9.17) is 9.47 Å². The molecular formula is C23H27N5O2. The molecule has 7 heteroatoms. The first kappa shape index (κ1) is 18.2. The number of para-hydroxylation sites is 1. The Hall–Kier alpha value is -2.64. The van der Waals surface area contributed by atoms with Gasteiger partial charge in [-0.3, -0.25) is 4.90 Å². The van der Waals surface area contributed by atoms with E-state index in [1.807, 2.05) is 6.07 Å². The van der Waals surface area contributed by atoms with E-state index in [-0.39, 0.29) is 12.1 Å². The number of aromatic nitrogens is 3. The van der Waals surface area contributed by atoms with Gasteiger partial charge in [-0.1, -0.05) is 18.2 Å². The first-order valence-corrected chi connectivity index (χ1v) is 10.9. The molecule has 1 aliphatic carbocycles. The van der Waals surface area contributed by atoms with Gasteiger partial charge in [-0.2, -0.15) is 0 Å². The van der Waals surface area contributed by atoms with Crippen LogP contribution in [0, 0.1) is 0 Å². The van der Waals surface area contributed by atoms with E-state index < -0.39 is 0 Å².